The predicted molar refractivity (Wildman–Crippen MR) is 114 cm³/mol. The van der Waals surface area contributed by atoms with Gasteiger partial charge in [-0.05, 0) is 31.5 Å². The van der Waals surface area contributed by atoms with Gasteiger partial charge in [0.25, 0.3) is 0 Å². The van der Waals surface area contributed by atoms with Crippen molar-refractivity contribution in [1.29, 1.82) is 0 Å². The van der Waals surface area contributed by atoms with Gasteiger partial charge in [0.1, 0.15) is 11.6 Å². The summed E-state index contributed by atoms with van der Waals surface area (Å²) in [4.78, 5) is 34.9. The summed E-state index contributed by atoms with van der Waals surface area (Å²) in [5.74, 6) is 0.896. The van der Waals surface area contributed by atoms with Gasteiger partial charge in [0.05, 0.1) is 10.7 Å². The summed E-state index contributed by atoms with van der Waals surface area (Å²) in [6, 6.07) is 7.24. The number of amides is 2. The maximum Gasteiger partial charge on any atom is 0.228 e. The number of nitrogens with one attached hydrogen (secondary N) is 1. The SMILES string of the molecule is Cc1cc2n(n1)CCCN2C(=O)CCC(=O)Nc1ccc(-c2cncc(Cl)c2)cn1. The third-order valence-electron chi connectivity index (χ3n) is 4.85. The zero-order valence-electron chi connectivity index (χ0n) is 16.5. The highest BCUT2D eigenvalue weighted by Gasteiger charge is 2.24. The third kappa shape index (κ3) is 4.49. The number of aryl methyl sites for hydroxylation is 2. The molecule has 0 unspecified atom stereocenters. The molecule has 0 bridgehead atoms. The van der Waals surface area contributed by atoms with Gasteiger partial charge < -0.3 is 5.32 Å². The molecule has 0 aliphatic carbocycles. The fourth-order valence-corrected chi connectivity index (χ4v) is 3.60. The summed E-state index contributed by atoms with van der Waals surface area (Å²) in [5, 5.41) is 7.67. The Morgan fingerprint density at radius 1 is 1.10 bits per heavy atom. The molecule has 0 spiro atoms. The number of hydrogen-bond donors (Lipinski definition) is 1. The molecule has 4 heterocycles. The van der Waals surface area contributed by atoms with Gasteiger partial charge >= 0.3 is 0 Å². The van der Waals surface area contributed by atoms with Gasteiger partial charge in [-0.1, -0.05) is 11.6 Å². The molecule has 3 aromatic rings. The van der Waals surface area contributed by atoms with Crippen LogP contribution in [0.5, 0.6) is 0 Å². The van der Waals surface area contributed by atoms with Crippen molar-refractivity contribution in [1.82, 2.24) is 19.7 Å². The van der Waals surface area contributed by atoms with Crippen LogP contribution in [-0.2, 0) is 16.1 Å². The molecule has 9 heteroatoms. The second-order valence-electron chi connectivity index (χ2n) is 7.14. The Hall–Kier alpha value is -3.26. The number of fused-ring (bicyclic) bond motifs is 1. The molecular formula is C21H21ClN6O2. The van der Waals surface area contributed by atoms with E-state index in [0.29, 0.717) is 17.4 Å². The normalized spacial score (nSPS) is 13.1. The highest BCUT2D eigenvalue weighted by atomic mass is 35.5. The predicted octanol–water partition coefficient (Wildman–Crippen LogP) is 3.46. The summed E-state index contributed by atoms with van der Waals surface area (Å²) >= 11 is 5.96. The molecule has 154 valence electrons. The average molecular weight is 425 g/mol. The fraction of sp³-hybridized carbons (Fsp3) is 0.286. The van der Waals surface area contributed by atoms with E-state index in [4.69, 9.17) is 11.6 Å². The molecule has 1 aliphatic rings. The van der Waals surface area contributed by atoms with E-state index in [1.165, 1.54) is 0 Å². The van der Waals surface area contributed by atoms with Crippen LogP contribution in [0.4, 0.5) is 11.6 Å². The van der Waals surface area contributed by atoms with E-state index < -0.39 is 0 Å². The van der Waals surface area contributed by atoms with E-state index in [2.05, 4.69) is 20.4 Å². The van der Waals surface area contributed by atoms with Gasteiger partial charge in [-0.15, -0.1) is 0 Å². The Kier molecular flexibility index (Phi) is 5.76. The molecule has 30 heavy (non-hydrogen) atoms. The smallest absolute Gasteiger partial charge is 0.228 e. The van der Waals surface area contributed by atoms with Crippen LogP contribution in [0.2, 0.25) is 5.02 Å². The number of carbonyl (C=O) groups is 2. The number of anilines is 2. The number of hydrogen-bond acceptors (Lipinski definition) is 5. The molecule has 8 nitrogen and oxygen atoms in total. The van der Waals surface area contributed by atoms with E-state index in [1.807, 2.05) is 23.7 Å². The highest BCUT2D eigenvalue weighted by molar-refractivity contribution is 6.30. The molecule has 3 aromatic heterocycles. The van der Waals surface area contributed by atoms with Gasteiger partial charge in [0, 0.05) is 61.7 Å². The lowest BCUT2D eigenvalue weighted by Crippen LogP contribution is -2.37. The zero-order valence-corrected chi connectivity index (χ0v) is 17.3. The molecule has 0 aromatic carbocycles. The molecule has 4 rings (SSSR count). The first kappa shape index (κ1) is 20.0. The monoisotopic (exact) mass is 424 g/mol. The van der Waals surface area contributed by atoms with Crippen molar-refractivity contribution in [3.63, 3.8) is 0 Å². The molecule has 0 radical (unpaired) electrons. The second-order valence-corrected chi connectivity index (χ2v) is 7.57. The summed E-state index contributed by atoms with van der Waals surface area (Å²) in [6.45, 7) is 3.36. The number of nitrogens with zero attached hydrogens (tertiary/aromatic N) is 5. The van der Waals surface area contributed by atoms with Crippen molar-refractivity contribution in [2.45, 2.75) is 32.7 Å². The molecule has 0 fully saturated rings. The Balaban J connectivity index is 1.32. The molecular weight excluding hydrogens is 404 g/mol. The van der Waals surface area contributed by atoms with Crippen LogP contribution < -0.4 is 10.2 Å². The first-order valence-corrected chi connectivity index (χ1v) is 10.1. The lowest BCUT2D eigenvalue weighted by molar-refractivity contribution is -0.122. The van der Waals surface area contributed by atoms with Gasteiger partial charge in [-0.25, -0.2) is 9.67 Å². The van der Waals surface area contributed by atoms with Gasteiger partial charge in [0.2, 0.25) is 11.8 Å². The first-order chi connectivity index (χ1) is 14.5. The largest absolute Gasteiger partial charge is 0.311 e. The van der Waals surface area contributed by atoms with Crippen molar-refractivity contribution in [3.05, 3.63) is 53.6 Å². The van der Waals surface area contributed by atoms with Crippen molar-refractivity contribution < 1.29 is 9.59 Å². The molecule has 0 saturated heterocycles. The van der Waals surface area contributed by atoms with Crippen LogP contribution in [0.1, 0.15) is 25.0 Å². The Labute approximate surface area is 178 Å². The van der Waals surface area contributed by atoms with Gasteiger partial charge in [0.15, 0.2) is 0 Å². The maximum atomic E-state index is 12.6. The summed E-state index contributed by atoms with van der Waals surface area (Å²) in [5.41, 5.74) is 2.56. The van der Waals surface area contributed by atoms with Crippen LogP contribution in [0.3, 0.4) is 0 Å². The van der Waals surface area contributed by atoms with Crippen LogP contribution >= 0.6 is 11.6 Å². The first-order valence-electron chi connectivity index (χ1n) is 9.71. The number of halogens is 1. The molecule has 1 N–H and O–H groups in total. The third-order valence-corrected chi connectivity index (χ3v) is 5.05. The van der Waals surface area contributed by atoms with Crippen molar-refractivity contribution in [2.75, 3.05) is 16.8 Å². The molecule has 0 atom stereocenters. The standard InChI is InChI=1S/C21H21ClN6O2/c1-14-9-20-27(7-2-8-28(20)26-14)21(30)6-5-19(29)25-18-4-3-15(12-24-18)16-10-17(22)13-23-11-16/h3-4,9-13H,2,5-8H2,1H3,(H,24,25,29). The van der Waals surface area contributed by atoms with Crippen LogP contribution in [0, 0.1) is 6.92 Å². The highest BCUT2D eigenvalue weighted by Crippen LogP contribution is 2.23. The average Bonchev–Trinajstić information content (AvgIpc) is 3.12. The summed E-state index contributed by atoms with van der Waals surface area (Å²) in [6.07, 6.45) is 5.97. The fourth-order valence-electron chi connectivity index (χ4n) is 3.43. The minimum Gasteiger partial charge on any atom is -0.311 e. The number of carbonyl (C=O) groups excluding carboxylic acids is 2. The molecule has 2 amide bonds. The summed E-state index contributed by atoms with van der Waals surface area (Å²) < 4.78 is 1.84. The van der Waals surface area contributed by atoms with E-state index in [0.717, 1.165) is 35.6 Å². The van der Waals surface area contributed by atoms with Crippen molar-refractivity contribution >= 4 is 35.1 Å². The van der Waals surface area contributed by atoms with E-state index >= 15 is 0 Å². The number of aromatic nitrogens is 4. The number of pyridine rings is 2. The molecule has 0 saturated carbocycles. The van der Waals surface area contributed by atoms with Crippen LogP contribution in [-0.4, -0.2) is 38.1 Å². The van der Waals surface area contributed by atoms with Crippen LogP contribution in [0.25, 0.3) is 11.1 Å². The van der Waals surface area contributed by atoms with Crippen molar-refractivity contribution in [2.24, 2.45) is 0 Å². The van der Waals surface area contributed by atoms with Crippen LogP contribution in [0.15, 0.2) is 42.9 Å². The molecule has 1 aliphatic heterocycles. The quantitative estimate of drug-likeness (QED) is 0.677. The topological polar surface area (TPSA) is 93.0 Å². The lowest BCUT2D eigenvalue weighted by atomic mass is 10.1. The Bertz CT molecular complexity index is 1080. The maximum absolute atomic E-state index is 12.6. The van der Waals surface area contributed by atoms with Gasteiger partial charge in [-0.3, -0.25) is 19.5 Å². The lowest BCUT2D eigenvalue weighted by Gasteiger charge is -2.27. The summed E-state index contributed by atoms with van der Waals surface area (Å²) in [7, 11) is 0. The Morgan fingerprint density at radius 3 is 2.73 bits per heavy atom. The second kappa shape index (κ2) is 8.62. The van der Waals surface area contributed by atoms with E-state index in [1.54, 1.807) is 35.6 Å². The number of rotatable bonds is 5. The zero-order chi connectivity index (χ0) is 21.1. The van der Waals surface area contributed by atoms with E-state index in [9.17, 15) is 9.59 Å². The van der Waals surface area contributed by atoms with Crippen molar-refractivity contribution in [3.8, 4) is 11.1 Å². The van der Waals surface area contributed by atoms with E-state index in [-0.39, 0.29) is 24.7 Å². The van der Waals surface area contributed by atoms with Gasteiger partial charge in [-0.2, -0.15) is 5.10 Å². The minimum atomic E-state index is -0.255. The minimum absolute atomic E-state index is 0.0808. The Morgan fingerprint density at radius 2 is 1.97 bits per heavy atom.